The van der Waals surface area contributed by atoms with E-state index in [0.717, 1.165) is 29.9 Å². The second-order valence-electron chi connectivity index (χ2n) is 7.71. The van der Waals surface area contributed by atoms with Crippen LogP contribution in [0.15, 0.2) is 43.0 Å². The summed E-state index contributed by atoms with van der Waals surface area (Å²) >= 11 is 6.40. The Bertz CT molecular complexity index is 989. The fraction of sp³-hybridized carbons (Fsp3) is 0.364. The van der Waals surface area contributed by atoms with E-state index in [1.165, 1.54) is 18.4 Å². The highest BCUT2D eigenvalue weighted by Crippen LogP contribution is 2.56. The highest BCUT2D eigenvalue weighted by atomic mass is 35.5. The molecule has 5 nitrogen and oxygen atoms in total. The molecule has 0 radical (unpaired) electrons. The molecule has 0 unspecified atom stereocenters. The molecule has 1 aromatic carbocycles. The largest absolute Gasteiger partial charge is 0.491 e. The van der Waals surface area contributed by atoms with Crippen LogP contribution in [-0.4, -0.2) is 26.5 Å². The smallest absolute Gasteiger partial charge is 0.197 e. The zero-order valence-corrected chi connectivity index (χ0v) is 16.4. The number of ether oxygens (including phenoxy) is 1. The molecule has 0 aliphatic heterocycles. The minimum Gasteiger partial charge on any atom is -0.491 e. The first kappa shape index (κ1) is 17.6. The maximum Gasteiger partial charge on any atom is 0.197 e. The average molecular weight is 393 g/mol. The molecule has 2 aliphatic rings. The number of aromatic nitrogens is 4. The van der Waals surface area contributed by atoms with E-state index in [0.29, 0.717) is 34.4 Å². The molecule has 0 spiro atoms. The van der Waals surface area contributed by atoms with Crippen LogP contribution in [0.25, 0.3) is 11.6 Å². The van der Waals surface area contributed by atoms with Gasteiger partial charge in [-0.2, -0.15) is 0 Å². The molecular formula is C22H21ClN4O. The van der Waals surface area contributed by atoms with Crippen LogP contribution in [0.5, 0.6) is 5.75 Å². The summed E-state index contributed by atoms with van der Waals surface area (Å²) in [6, 6.07) is 5.89. The third kappa shape index (κ3) is 3.47. The first-order chi connectivity index (χ1) is 13.7. The van der Waals surface area contributed by atoms with E-state index < -0.39 is 0 Å². The lowest BCUT2D eigenvalue weighted by molar-refractivity contribution is 0.297. The second-order valence-corrected chi connectivity index (χ2v) is 8.11. The highest BCUT2D eigenvalue weighted by Gasteiger charge is 2.41. The minimum absolute atomic E-state index is 0.432. The molecule has 2 aromatic heterocycles. The Kier molecular flexibility index (Phi) is 4.47. The molecule has 0 saturated heterocycles. The van der Waals surface area contributed by atoms with Gasteiger partial charge in [-0.1, -0.05) is 17.7 Å². The Morgan fingerprint density at radius 2 is 1.71 bits per heavy atom. The molecule has 0 N–H and O–H groups in total. The maximum atomic E-state index is 6.40. The van der Waals surface area contributed by atoms with Crippen LogP contribution in [-0.2, 0) is 0 Å². The van der Waals surface area contributed by atoms with Gasteiger partial charge in [0.25, 0.3) is 0 Å². The molecular weight excluding hydrogens is 372 g/mol. The lowest BCUT2D eigenvalue weighted by Crippen LogP contribution is -2.03. The van der Waals surface area contributed by atoms with Gasteiger partial charge in [-0.05, 0) is 72.8 Å². The van der Waals surface area contributed by atoms with Gasteiger partial charge in [0.2, 0.25) is 0 Å². The fourth-order valence-corrected chi connectivity index (χ4v) is 3.96. The van der Waals surface area contributed by atoms with Gasteiger partial charge in [0.05, 0.1) is 11.6 Å². The van der Waals surface area contributed by atoms with Crippen molar-refractivity contribution in [2.75, 3.05) is 6.61 Å². The van der Waals surface area contributed by atoms with Gasteiger partial charge in [-0.3, -0.25) is 0 Å². The lowest BCUT2D eigenvalue weighted by atomic mass is 10.0. The van der Waals surface area contributed by atoms with Crippen LogP contribution < -0.4 is 4.74 Å². The number of halogens is 1. The number of nitrogens with zero attached hydrogens (tertiary/aromatic N) is 4. The van der Waals surface area contributed by atoms with Crippen molar-refractivity contribution in [1.82, 2.24) is 19.9 Å². The van der Waals surface area contributed by atoms with Gasteiger partial charge in [0.15, 0.2) is 11.6 Å². The first-order valence-corrected chi connectivity index (χ1v) is 10.1. The van der Waals surface area contributed by atoms with Crippen LogP contribution in [0, 0.1) is 12.8 Å². The molecule has 2 aliphatic carbocycles. The third-order valence-electron chi connectivity index (χ3n) is 5.62. The Morgan fingerprint density at radius 1 is 1.00 bits per heavy atom. The van der Waals surface area contributed by atoms with Crippen LogP contribution >= 0.6 is 11.6 Å². The zero-order valence-electron chi connectivity index (χ0n) is 15.7. The summed E-state index contributed by atoms with van der Waals surface area (Å²) in [6.07, 6.45) is 10.8. The standard InChI is InChI=1S/C22H21ClN4O/c1-13-16(5-6-19(23)20(13)28-12-14-3-4-14)18-9-17(18)15-10-26-22(27-11-15)21-24-7-2-8-25-21/h2,5-8,10-11,14,17-18H,3-4,9,12H2,1H3/t17-,18+/m0/s1. The summed E-state index contributed by atoms with van der Waals surface area (Å²) in [4.78, 5) is 17.3. The Morgan fingerprint density at radius 3 is 2.43 bits per heavy atom. The number of hydrogen-bond acceptors (Lipinski definition) is 5. The van der Waals surface area contributed by atoms with E-state index in [-0.39, 0.29) is 0 Å². The van der Waals surface area contributed by atoms with Crippen molar-refractivity contribution in [3.05, 3.63) is 64.7 Å². The topological polar surface area (TPSA) is 60.8 Å². The second kappa shape index (κ2) is 7.13. The van der Waals surface area contributed by atoms with E-state index in [4.69, 9.17) is 16.3 Å². The van der Waals surface area contributed by atoms with Crippen molar-refractivity contribution in [1.29, 1.82) is 0 Å². The summed E-state index contributed by atoms with van der Waals surface area (Å²) in [6.45, 7) is 2.89. The zero-order chi connectivity index (χ0) is 19.1. The van der Waals surface area contributed by atoms with Gasteiger partial charge < -0.3 is 4.74 Å². The molecule has 2 heterocycles. The monoisotopic (exact) mass is 392 g/mol. The molecule has 6 heteroatoms. The van der Waals surface area contributed by atoms with Crippen molar-refractivity contribution < 1.29 is 4.74 Å². The summed E-state index contributed by atoms with van der Waals surface area (Å²) < 4.78 is 6.05. The summed E-state index contributed by atoms with van der Waals surface area (Å²) in [5, 5.41) is 0.703. The van der Waals surface area contributed by atoms with Gasteiger partial charge in [-0.25, -0.2) is 19.9 Å². The molecule has 0 bridgehead atoms. The number of rotatable bonds is 6. The molecule has 2 saturated carbocycles. The van der Waals surface area contributed by atoms with Crippen molar-refractivity contribution in [3.8, 4) is 17.4 Å². The van der Waals surface area contributed by atoms with Crippen LogP contribution in [0.2, 0.25) is 5.02 Å². The quantitative estimate of drug-likeness (QED) is 0.593. The number of benzene rings is 1. The van der Waals surface area contributed by atoms with Crippen molar-refractivity contribution in [3.63, 3.8) is 0 Å². The molecule has 0 amide bonds. The van der Waals surface area contributed by atoms with E-state index >= 15 is 0 Å². The molecule has 28 heavy (non-hydrogen) atoms. The molecule has 142 valence electrons. The van der Waals surface area contributed by atoms with Gasteiger partial charge in [0, 0.05) is 24.8 Å². The Labute approximate surface area is 169 Å². The Hall–Kier alpha value is -2.53. The van der Waals surface area contributed by atoms with Crippen molar-refractivity contribution >= 4 is 11.6 Å². The minimum atomic E-state index is 0.432. The van der Waals surface area contributed by atoms with E-state index in [2.05, 4.69) is 32.9 Å². The predicted octanol–water partition coefficient (Wildman–Crippen LogP) is 4.96. The summed E-state index contributed by atoms with van der Waals surface area (Å²) in [5.74, 6) is 3.55. The summed E-state index contributed by atoms with van der Waals surface area (Å²) in [5.41, 5.74) is 3.63. The average Bonchev–Trinajstić information content (AvgIpc) is 3.64. The van der Waals surface area contributed by atoms with E-state index in [9.17, 15) is 0 Å². The van der Waals surface area contributed by atoms with E-state index in [1.807, 2.05) is 18.5 Å². The van der Waals surface area contributed by atoms with Crippen LogP contribution in [0.3, 0.4) is 0 Å². The molecule has 5 rings (SSSR count). The third-order valence-corrected chi connectivity index (χ3v) is 5.91. The fourth-order valence-electron chi connectivity index (χ4n) is 3.71. The molecule has 2 atom stereocenters. The van der Waals surface area contributed by atoms with E-state index in [1.54, 1.807) is 18.5 Å². The lowest BCUT2D eigenvalue weighted by Gasteiger charge is -2.14. The highest BCUT2D eigenvalue weighted by molar-refractivity contribution is 6.32. The number of hydrogen-bond donors (Lipinski definition) is 0. The van der Waals surface area contributed by atoms with Gasteiger partial charge in [0.1, 0.15) is 5.75 Å². The molecule has 3 aromatic rings. The predicted molar refractivity (Wildman–Crippen MR) is 108 cm³/mol. The summed E-state index contributed by atoms with van der Waals surface area (Å²) in [7, 11) is 0. The Balaban J connectivity index is 1.33. The van der Waals surface area contributed by atoms with Crippen molar-refractivity contribution in [2.24, 2.45) is 5.92 Å². The van der Waals surface area contributed by atoms with Gasteiger partial charge in [-0.15, -0.1) is 0 Å². The first-order valence-electron chi connectivity index (χ1n) is 9.72. The molecule has 2 fully saturated rings. The maximum absolute atomic E-state index is 6.40. The normalized spacial score (nSPS) is 20.8. The SMILES string of the molecule is Cc1c([C@H]2C[C@H]2c2cnc(-c3ncccn3)nc2)ccc(Cl)c1OCC1CC1. The van der Waals surface area contributed by atoms with Crippen molar-refractivity contribution in [2.45, 2.75) is 38.0 Å². The van der Waals surface area contributed by atoms with Crippen LogP contribution in [0.4, 0.5) is 0 Å². The van der Waals surface area contributed by atoms with Gasteiger partial charge >= 0.3 is 0 Å². The van der Waals surface area contributed by atoms with Crippen LogP contribution in [0.1, 0.15) is 47.8 Å².